The van der Waals surface area contributed by atoms with Gasteiger partial charge in [-0.3, -0.25) is 0 Å². The van der Waals surface area contributed by atoms with Crippen molar-refractivity contribution in [1.82, 2.24) is 14.3 Å². The third kappa shape index (κ3) is 4.45. The zero-order valence-corrected chi connectivity index (χ0v) is 12.7. The molecule has 6 nitrogen and oxygen atoms in total. The third-order valence-corrected chi connectivity index (χ3v) is 4.80. The van der Waals surface area contributed by atoms with E-state index < -0.39 is 10.0 Å². The molecule has 0 aliphatic rings. The van der Waals surface area contributed by atoms with Gasteiger partial charge in [0.05, 0.1) is 6.33 Å². The van der Waals surface area contributed by atoms with Crippen LogP contribution in [-0.2, 0) is 17.1 Å². The summed E-state index contributed by atoms with van der Waals surface area (Å²) in [6, 6.07) is 0. The van der Waals surface area contributed by atoms with E-state index in [-0.39, 0.29) is 29.2 Å². The Morgan fingerprint density at radius 2 is 2.21 bits per heavy atom. The van der Waals surface area contributed by atoms with Gasteiger partial charge in [-0.2, -0.15) is 0 Å². The summed E-state index contributed by atoms with van der Waals surface area (Å²) in [6.45, 7) is 2.36. The predicted molar refractivity (Wildman–Crippen MR) is 73.5 cm³/mol. The minimum absolute atomic E-state index is 0.0523. The number of sulfonamides is 1. The molecule has 1 atom stereocenters. The van der Waals surface area contributed by atoms with Gasteiger partial charge in [0.2, 0.25) is 5.03 Å². The molecule has 1 aromatic rings. The molecule has 2 N–H and O–H groups in total. The summed E-state index contributed by atoms with van der Waals surface area (Å²) in [5, 5.41) is 8.87. The molecule has 0 aliphatic carbocycles. The quantitative estimate of drug-likeness (QED) is 0.754. The minimum atomic E-state index is -3.70. The lowest BCUT2D eigenvalue weighted by atomic mass is 10.0. The summed E-state index contributed by atoms with van der Waals surface area (Å²) in [7, 11) is -2.07. The number of aliphatic hydroxyl groups excluding tert-OH is 1. The normalized spacial score (nSPS) is 13.7. The number of imidazole rings is 1. The molecule has 1 heterocycles. The molecule has 0 spiro atoms. The highest BCUT2D eigenvalue weighted by Gasteiger charge is 2.23. The van der Waals surface area contributed by atoms with Crippen molar-refractivity contribution < 1.29 is 13.5 Å². The number of hydrogen-bond donors (Lipinski definition) is 2. The van der Waals surface area contributed by atoms with E-state index in [1.54, 1.807) is 7.05 Å². The van der Waals surface area contributed by atoms with Gasteiger partial charge in [-0.25, -0.2) is 18.1 Å². The summed E-state index contributed by atoms with van der Waals surface area (Å²) in [5.74, 6) is 0.118. The molecule has 1 unspecified atom stereocenters. The van der Waals surface area contributed by atoms with Crippen molar-refractivity contribution in [1.29, 1.82) is 0 Å². The van der Waals surface area contributed by atoms with E-state index in [0.29, 0.717) is 6.42 Å². The number of hydrogen-bond acceptors (Lipinski definition) is 4. The van der Waals surface area contributed by atoms with Crippen LogP contribution in [0.5, 0.6) is 0 Å². The summed E-state index contributed by atoms with van der Waals surface area (Å²) in [4.78, 5) is 3.79. The van der Waals surface area contributed by atoms with E-state index >= 15 is 0 Å². The number of aryl methyl sites for hydroxylation is 1. The van der Waals surface area contributed by atoms with Crippen LogP contribution in [0.25, 0.3) is 0 Å². The van der Waals surface area contributed by atoms with Crippen LogP contribution >= 0.6 is 11.6 Å². The molecule has 0 amide bonds. The van der Waals surface area contributed by atoms with Crippen LogP contribution < -0.4 is 4.72 Å². The van der Waals surface area contributed by atoms with E-state index in [0.717, 1.165) is 12.8 Å². The Balaban J connectivity index is 2.72. The number of nitrogens with zero attached hydrogens (tertiary/aromatic N) is 2. The highest BCUT2D eigenvalue weighted by molar-refractivity contribution is 7.89. The predicted octanol–water partition coefficient (Wildman–Crippen LogP) is 1.15. The summed E-state index contributed by atoms with van der Waals surface area (Å²) in [5.41, 5.74) is 0. The van der Waals surface area contributed by atoms with Crippen LogP contribution in [0.4, 0.5) is 0 Å². The second-order valence-electron chi connectivity index (χ2n) is 4.47. The Morgan fingerprint density at radius 1 is 1.53 bits per heavy atom. The lowest BCUT2D eigenvalue weighted by Gasteiger charge is -2.15. The molecule has 1 rings (SSSR count). The Hall–Kier alpha value is -0.630. The van der Waals surface area contributed by atoms with Crippen molar-refractivity contribution in [2.24, 2.45) is 13.0 Å². The Morgan fingerprint density at radius 3 is 2.68 bits per heavy atom. The summed E-state index contributed by atoms with van der Waals surface area (Å²) >= 11 is 5.87. The SMILES string of the molecule is CCCC(CCO)CNS(=O)(=O)c1ncn(C)c1Cl. The van der Waals surface area contributed by atoms with Crippen LogP contribution in [0, 0.1) is 5.92 Å². The molecule has 8 heteroatoms. The molecule has 19 heavy (non-hydrogen) atoms. The second kappa shape index (κ2) is 7.23. The van der Waals surface area contributed by atoms with Gasteiger partial charge in [-0.1, -0.05) is 24.9 Å². The lowest BCUT2D eigenvalue weighted by Crippen LogP contribution is -2.30. The first-order valence-electron chi connectivity index (χ1n) is 6.19. The van der Waals surface area contributed by atoms with Crippen LogP contribution in [0.15, 0.2) is 11.4 Å². The van der Waals surface area contributed by atoms with Crippen LogP contribution in [-0.4, -0.2) is 36.2 Å². The maximum Gasteiger partial charge on any atom is 0.261 e. The van der Waals surface area contributed by atoms with Gasteiger partial charge >= 0.3 is 0 Å². The average molecular weight is 310 g/mol. The van der Waals surface area contributed by atoms with Gasteiger partial charge in [0.25, 0.3) is 10.0 Å². The molecule has 0 saturated heterocycles. The van der Waals surface area contributed by atoms with Crippen molar-refractivity contribution in [2.75, 3.05) is 13.2 Å². The fourth-order valence-electron chi connectivity index (χ4n) is 1.81. The molecule has 0 saturated carbocycles. The molecule has 0 radical (unpaired) electrons. The highest BCUT2D eigenvalue weighted by atomic mass is 35.5. The van der Waals surface area contributed by atoms with Gasteiger partial charge in [0.1, 0.15) is 5.15 Å². The largest absolute Gasteiger partial charge is 0.396 e. The first kappa shape index (κ1) is 16.4. The molecular formula is C11H20ClN3O3S. The van der Waals surface area contributed by atoms with Gasteiger partial charge in [0, 0.05) is 20.2 Å². The molecular weight excluding hydrogens is 290 g/mol. The minimum Gasteiger partial charge on any atom is -0.396 e. The maximum atomic E-state index is 12.0. The van der Waals surface area contributed by atoms with E-state index in [1.165, 1.54) is 10.9 Å². The zero-order valence-electron chi connectivity index (χ0n) is 11.1. The van der Waals surface area contributed by atoms with Crippen molar-refractivity contribution in [2.45, 2.75) is 31.2 Å². The molecule has 0 aromatic carbocycles. The first-order chi connectivity index (χ1) is 8.92. The van der Waals surface area contributed by atoms with E-state index in [2.05, 4.69) is 9.71 Å². The van der Waals surface area contributed by atoms with E-state index in [1.807, 2.05) is 6.92 Å². The Labute approximate surface area is 118 Å². The summed E-state index contributed by atoms with van der Waals surface area (Å²) < 4.78 is 28.0. The second-order valence-corrected chi connectivity index (χ2v) is 6.51. The fraction of sp³-hybridized carbons (Fsp3) is 0.727. The van der Waals surface area contributed by atoms with E-state index in [4.69, 9.17) is 16.7 Å². The number of halogens is 1. The highest BCUT2D eigenvalue weighted by Crippen LogP contribution is 2.19. The first-order valence-corrected chi connectivity index (χ1v) is 8.05. The standard InChI is InChI=1S/C11H20ClN3O3S/c1-3-4-9(5-6-16)7-14-19(17,18)11-10(12)15(2)8-13-11/h8-9,14,16H,3-7H2,1-2H3. The van der Waals surface area contributed by atoms with Gasteiger partial charge in [-0.05, 0) is 18.8 Å². The average Bonchev–Trinajstić information content (AvgIpc) is 2.68. The monoisotopic (exact) mass is 309 g/mol. The zero-order chi connectivity index (χ0) is 14.5. The number of aliphatic hydroxyl groups is 1. The lowest BCUT2D eigenvalue weighted by molar-refractivity contribution is 0.251. The van der Waals surface area contributed by atoms with Crippen molar-refractivity contribution in [3.05, 3.63) is 11.5 Å². The Bertz CT molecular complexity index is 495. The third-order valence-electron chi connectivity index (χ3n) is 2.89. The van der Waals surface area contributed by atoms with Crippen LogP contribution in [0.3, 0.4) is 0 Å². The van der Waals surface area contributed by atoms with Gasteiger partial charge < -0.3 is 9.67 Å². The van der Waals surface area contributed by atoms with Gasteiger partial charge in [-0.15, -0.1) is 0 Å². The van der Waals surface area contributed by atoms with Crippen LogP contribution in [0.2, 0.25) is 5.15 Å². The number of rotatable bonds is 8. The van der Waals surface area contributed by atoms with Crippen molar-refractivity contribution in [3.8, 4) is 0 Å². The molecule has 0 aliphatic heterocycles. The van der Waals surface area contributed by atoms with E-state index in [9.17, 15) is 8.42 Å². The van der Waals surface area contributed by atoms with Crippen LogP contribution in [0.1, 0.15) is 26.2 Å². The molecule has 0 fully saturated rings. The topological polar surface area (TPSA) is 84.2 Å². The molecule has 0 bridgehead atoms. The fourth-order valence-corrected chi connectivity index (χ4v) is 3.35. The summed E-state index contributed by atoms with van der Waals surface area (Å²) in [6.07, 6.45) is 3.73. The number of nitrogens with one attached hydrogen (secondary N) is 1. The van der Waals surface area contributed by atoms with Gasteiger partial charge in [0.15, 0.2) is 0 Å². The Kier molecular flexibility index (Phi) is 6.25. The van der Waals surface area contributed by atoms with Crippen molar-refractivity contribution in [3.63, 3.8) is 0 Å². The smallest absolute Gasteiger partial charge is 0.261 e. The maximum absolute atomic E-state index is 12.0. The number of aromatic nitrogens is 2. The molecule has 1 aromatic heterocycles. The molecule has 110 valence electrons. The van der Waals surface area contributed by atoms with Crippen molar-refractivity contribution >= 4 is 21.6 Å².